The van der Waals surface area contributed by atoms with Crippen LogP contribution >= 0.6 is 0 Å². The summed E-state index contributed by atoms with van der Waals surface area (Å²) in [6.45, 7) is 10.2. The lowest BCUT2D eigenvalue weighted by molar-refractivity contribution is 0.300. The topological polar surface area (TPSA) is 61.4 Å². The van der Waals surface area contributed by atoms with E-state index in [4.69, 9.17) is 0 Å². The molecule has 0 fully saturated rings. The molecule has 0 aliphatic heterocycles. The van der Waals surface area contributed by atoms with Crippen LogP contribution in [0, 0.1) is 0 Å². The second kappa shape index (κ2) is 9.02. The van der Waals surface area contributed by atoms with Gasteiger partial charge >= 0.3 is 0 Å². The summed E-state index contributed by atoms with van der Waals surface area (Å²) in [5, 5.41) is 3.24. The van der Waals surface area contributed by atoms with E-state index in [1.54, 1.807) is 25.1 Å². The summed E-state index contributed by atoms with van der Waals surface area (Å²) in [7, 11) is -3.43. The first-order chi connectivity index (χ1) is 10.0. The van der Waals surface area contributed by atoms with Crippen molar-refractivity contribution in [3.05, 3.63) is 24.3 Å². The Labute approximate surface area is 128 Å². The Balaban J connectivity index is 2.72. The van der Waals surface area contributed by atoms with Crippen molar-refractivity contribution in [1.82, 2.24) is 9.62 Å². The van der Waals surface area contributed by atoms with Crippen LogP contribution in [-0.4, -0.2) is 46.0 Å². The van der Waals surface area contributed by atoms with E-state index in [0.29, 0.717) is 17.1 Å². The van der Waals surface area contributed by atoms with Gasteiger partial charge in [0.25, 0.3) is 0 Å². The van der Waals surface area contributed by atoms with Gasteiger partial charge in [-0.1, -0.05) is 32.9 Å². The first-order valence-corrected chi connectivity index (χ1v) is 9.08. The van der Waals surface area contributed by atoms with E-state index in [-0.39, 0.29) is 0 Å². The summed E-state index contributed by atoms with van der Waals surface area (Å²) in [6.07, 6.45) is 1.12. The Morgan fingerprint density at radius 1 is 1.10 bits per heavy atom. The van der Waals surface area contributed by atoms with Gasteiger partial charge in [-0.15, -0.1) is 0 Å². The van der Waals surface area contributed by atoms with Crippen molar-refractivity contribution >= 4 is 15.7 Å². The van der Waals surface area contributed by atoms with E-state index >= 15 is 0 Å². The summed E-state index contributed by atoms with van der Waals surface area (Å²) in [5.74, 6) is 0. The molecule has 1 aromatic carbocycles. The van der Waals surface area contributed by atoms with Gasteiger partial charge in [-0.25, -0.2) is 13.1 Å². The average molecular weight is 313 g/mol. The van der Waals surface area contributed by atoms with Crippen LogP contribution in [0.15, 0.2) is 29.2 Å². The molecular weight excluding hydrogens is 286 g/mol. The Bertz CT molecular complexity index is 517. The maximum absolute atomic E-state index is 12.1. The van der Waals surface area contributed by atoms with E-state index in [9.17, 15) is 8.42 Å². The summed E-state index contributed by atoms with van der Waals surface area (Å²) in [6, 6.07) is 7.02. The summed E-state index contributed by atoms with van der Waals surface area (Å²) >= 11 is 0. The number of benzene rings is 1. The molecule has 0 radical (unpaired) electrons. The highest BCUT2D eigenvalue weighted by atomic mass is 32.2. The maximum atomic E-state index is 12.1. The molecule has 0 amide bonds. The van der Waals surface area contributed by atoms with Crippen LogP contribution in [0.5, 0.6) is 0 Å². The molecule has 0 saturated heterocycles. The number of likely N-dealkylation sites (N-methyl/N-ethyl adjacent to an activating group) is 1. The van der Waals surface area contributed by atoms with Gasteiger partial charge in [0.2, 0.25) is 10.0 Å². The van der Waals surface area contributed by atoms with Crippen molar-refractivity contribution in [2.75, 3.05) is 38.0 Å². The molecule has 6 heteroatoms. The number of anilines is 1. The third-order valence-corrected chi connectivity index (χ3v) is 4.85. The quantitative estimate of drug-likeness (QED) is 0.695. The number of nitrogens with one attached hydrogen (secondary N) is 2. The molecule has 0 heterocycles. The molecule has 1 rings (SSSR count). The highest BCUT2D eigenvalue weighted by Gasteiger charge is 2.16. The number of hydrogen-bond acceptors (Lipinski definition) is 4. The number of sulfonamides is 1. The molecule has 21 heavy (non-hydrogen) atoms. The molecule has 5 nitrogen and oxygen atoms in total. The lowest BCUT2D eigenvalue weighted by atomic mass is 10.3. The SMILES string of the molecule is CCCN(CC)CCNc1ccccc1S(=O)(=O)NCC. The smallest absolute Gasteiger partial charge is 0.242 e. The van der Waals surface area contributed by atoms with Crippen molar-refractivity contribution in [2.45, 2.75) is 32.1 Å². The Morgan fingerprint density at radius 2 is 1.81 bits per heavy atom. The zero-order valence-electron chi connectivity index (χ0n) is 13.2. The predicted octanol–water partition coefficient (Wildman–Crippen LogP) is 2.13. The Morgan fingerprint density at radius 3 is 2.43 bits per heavy atom. The van der Waals surface area contributed by atoms with E-state index in [0.717, 1.165) is 32.6 Å². The fourth-order valence-electron chi connectivity index (χ4n) is 2.21. The van der Waals surface area contributed by atoms with Crippen molar-refractivity contribution in [3.63, 3.8) is 0 Å². The number of rotatable bonds is 10. The lowest BCUT2D eigenvalue weighted by Gasteiger charge is -2.20. The van der Waals surface area contributed by atoms with Crippen molar-refractivity contribution in [1.29, 1.82) is 0 Å². The minimum atomic E-state index is -3.43. The van der Waals surface area contributed by atoms with Crippen LogP contribution in [0.3, 0.4) is 0 Å². The van der Waals surface area contributed by atoms with Crippen molar-refractivity contribution in [2.24, 2.45) is 0 Å². The summed E-state index contributed by atoms with van der Waals surface area (Å²) in [4.78, 5) is 2.65. The van der Waals surface area contributed by atoms with Crippen LogP contribution in [0.4, 0.5) is 5.69 Å². The Kier molecular flexibility index (Phi) is 7.71. The molecule has 0 unspecified atom stereocenters. The minimum Gasteiger partial charge on any atom is -0.383 e. The molecule has 0 aliphatic rings. The van der Waals surface area contributed by atoms with Crippen molar-refractivity contribution in [3.8, 4) is 0 Å². The van der Waals surface area contributed by atoms with Crippen LogP contribution in [0.2, 0.25) is 0 Å². The zero-order chi connectivity index (χ0) is 15.7. The van der Waals surface area contributed by atoms with Gasteiger partial charge in [-0.2, -0.15) is 0 Å². The van der Waals surface area contributed by atoms with Gasteiger partial charge in [-0.3, -0.25) is 0 Å². The molecule has 0 spiro atoms. The standard InChI is InChI=1S/C15H27N3O2S/c1-4-12-18(6-3)13-11-16-14-9-7-8-10-15(14)21(19,20)17-5-2/h7-10,16-17H,4-6,11-13H2,1-3H3. The Hall–Kier alpha value is -1.11. The molecule has 1 aromatic rings. The fourth-order valence-corrected chi connectivity index (χ4v) is 3.43. The highest BCUT2D eigenvalue weighted by Crippen LogP contribution is 2.20. The normalized spacial score (nSPS) is 11.8. The van der Waals surface area contributed by atoms with Gasteiger partial charge < -0.3 is 10.2 Å². The van der Waals surface area contributed by atoms with E-state index in [2.05, 4.69) is 28.8 Å². The minimum absolute atomic E-state index is 0.311. The lowest BCUT2D eigenvalue weighted by Crippen LogP contribution is -2.30. The van der Waals surface area contributed by atoms with Gasteiger partial charge in [0.1, 0.15) is 4.90 Å². The number of nitrogens with zero attached hydrogens (tertiary/aromatic N) is 1. The summed E-state index contributed by atoms with van der Waals surface area (Å²) < 4.78 is 26.8. The maximum Gasteiger partial charge on any atom is 0.242 e. The molecule has 0 bridgehead atoms. The zero-order valence-corrected chi connectivity index (χ0v) is 14.0. The first-order valence-electron chi connectivity index (χ1n) is 7.60. The molecule has 0 saturated carbocycles. The second-order valence-corrected chi connectivity index (χ2v) is 6.59. The van der Waals surface area contributed by atoms with E-state index < -0.39 is 10.0 Å². The van der Waals surface area contributed by atoms with Crippen LogP contribution in [-0.2, 0) is 10.0 Å². The van der Waals surface area contributed by atoms with Crippen molar-refractivity contribution < 1.29 is 8.42 Å². The largest absolute Gasteiger partial charge is 0.383 e. The van der Waals surface area contributed by atoms with Crippen LogP contribution in [0.1, 0.15) is 27.2 Å². The van der Waals surface area contributed by atoms with Gasteiger partial charge in [0.05, 0.1) is 5.69 Å². The molecule has 120 valence electrons. The number of hydrogen-bond donors (Lipinski definition) is 2. The molecule has 2 N–H and O–H groups in total. The molecule has 0 aromatic heterocycles. The molecular formula is C15H27N3O2S. The van der Waals surface area contributed by atoms with Crippen LogP contribution in [0.25, 0.3) is 0 Å². The monoisotopic (exact) mass is 313 g/mol. The molecule has 0 aliphatic carbocycles. The third kappa shape index (κ3) is 5.65. The van der Waals surface area contributed by atoms with Gasteiger partial charge in [0.15, 0.2) is 0 Å². The predicted molar refractivity (Wildman–Crippen MR) is 88.2 cm³/mol. The third-order valence-electron chi connectivity index (χ3n) is 3.24. The molecule has 0 atom stereocenters. The average Bonchev–Trinajstić information content (AvgIpc) is 2.46. The van der Waals surface area contributed by atoms with Gasteiger partial charge in [-0.05, 0) is 31.6 Å². The van der Waals surface area contributed by atoms with Gasteiger partial charge in [0, 0.05) is 19.6 Å². The second-order valence-electron chi connectivity index (χ2n) is 4.86. The van der Waals surface area contributed by atoms with E-state index in [1.165, 1.54) is 0 Å². The first kappa shape index (κ1) is 17.9. The van der Waals surface area contributed by atoms with E-state index in [1.807, 2.05) is 6.07 Å². The highest BCUT2D eigenvalue weighted by molar-refractivity contribution is 7.89. The fraction of sp³-hybridized carbons (Fsp3) is 0.600. The van der Waals surface area contributed by atoms with Crippen LogP contribution < -0.4 is 10.0 Å². The summed E-state index contributed by atoms with van der Waals surface area (Å²) in [5.41, 5.74) is 0.658. The number of para-hydroxylation sites is 1.